The van der Waals surface area contributed by atoms with Crippen LogP contribution < -0.4 is 5.32 Å². The van der Waals surface area contributed by atoms with E-state index in [1.165, 1.54) is 6.92 Å². The average molecular weight is 235 g/mol. The van der Waals surface area contributed by atoms with Crippen LogP contribution in [0.25, 0.3) is 0 Å². The fourth-order valence-corrected chi connectivity index (χ4v) is 1.25. The van der Waals surface area contributed by atoms with Gasteiger partial charge in [-0.05, 0) is 19.1 Å². The second kappa shape index (κ2) is 7.57. The maximum atomic E-state index is 11.6. The summed E-state index contributed by atoms with van der Waals surface area (Å²) in [5.74, 6) is -0.000843. The summed E-state index contributed by atoms with van der Waals surface area (Å²) in [6.07, 6.45) is 0.423. The first-order valence-electron chi connectivity index (χ1n) is 5.60. The van der Waals surface area contributed by atoms with Crippen LogP contribution in [0, 0.1) is 0 Å². The molecule has 1 aromatic carbocycles. The van der Waals surface area contributed by atoms with Gasteiger partial charge in [-0.1, -0.05) is 18.2 Å². The third kappa shape index (κ3) is 5.82. The highest BCUT2D eigenvalue weighted by atomic mass is 16.5. The Balaban J connectivity index is 2.11. The van der Waals surface area contributed by atoms with Gasteiger partial charge in [0.05, 0.1) is 13.2 Å². The van der Waals surface area contributed by atoms with Gasteiger partial charge < -0.3 is 10.1 Å². The van der Waals surface area contributed by atoms with Crippen molar-refractivity contribution in [1.82, 2.24) is 5.32 Å². The van der Waals surface area contributed by atoms with Crippen molar-refractivity contribution in [2.45, 2.75) is 13.3 Å². The van der Waals surface area contributed by atoms with Crippen LogP contribution in [-0.4, -0.2) is 31.4 Å². The Hall–Kier alpha value is -1.68. The van der Waals surface area contributed by atoms with Crippen molar-refractivity contribution in [2.24, 2.45) is 0 Å². The van der Waals surface area contributed by atoms with E-state index in [0.29, 0.717) is 31.7 Å². The lowest BCUT2D eigenvalue weighted by Gasteiger charge is -2.05. The number of nitrogens with one attached hydrogen (secondary N) is 1. The Kier molecular flexibility index (Phi) is 5.96. The van der Waals surface area contributed by atoms with E-state index in [1.54, 1.807) is 12.1 Å². The lowest BCUT2D eigenvalue weighted by atomic mass is 10.2. The van der Waals surface area contributed by atoms with E-state index in [0.717, 1.165) is 0 Å². The third-order valence-electron chi connectivity index (χ3n) is 2.17. The van der Waals surface area contributed by atoms with Crippen LogP contribution in [0.15, 0.2) is 30.3 Å². The molecule has 0 bridgehead atoms. The average Bonchev–Trinajstić information content (AvgIpc) is 2.34. The number of Topliss-reactive ketones (excluding diaryl/α,β-unsaturated/α-hetero) is 1. The molecule has 0 aromatic heterocycles. The number of rotatable bonds is 7. The molecule has 0 aliphatic heterocycles. The maximum absolute atomic E-state index is 11.6. The monoisotopic (exact) mass is 235 g/mol. The number of benzene rings is 1. The van der Waals surface area contributed by atoms with Crippen LogP contribution in [0.3, 0.4) is 0 Å². The first kappa shape index (κ1) is 13.4. The number of carbonyl (C=O) groups is 2. The maximum Gasteiger partial charge on any atom is 0.251 e. The smallest absolute Gasteiger partial charge is 0.251 e. The molecule has 92 valence electrons. The molecule has 0 radical (unpaired) electrons. The number of amides is 1. The molecule has 4 heteroatoms. The van der Waals surface area contributed by atoms with Gasteiger partial charge in [-0.15, -0.1) is 0 Å². The summed E-state index contributed by atoms with van der Waals surface area (Å²) < 4.78 is 5.20. The van der Waals surface area contributed by atoms with Crippen LogP contribution in [0.4, 0.5) is 0 Å². The van der Waals surface area contributed by atoms with Gasteiger partial charge in [-0.3, -0.25) is 9.59 Å². The molecule has 0 heterocycles. The zero-order valence-corrected chi connectivity index (χ0v) is 9.94. The van der Waals surface area contributed by atoms with Gasteiger partial charge in [-0.2, -0.15) is 0 Å². The minimum absolute atomic E-state index is 0.110. The summed E-state index contributed by atoms with van der Waals surface area (Å²) in [4.78, 5) is 22.2. The predicted molar refractivity (Wildman–Crippen MR) is 64.9 cm³/mol. The summed E-state index contributed by atoms with van der Waals surface area (Å²) in [5.41, 5.74) is 0.635. The number of hydrogen-bond acceptors (Lipinski definition) is 3. The molecule has 1 amide bonds. The van der Waals surface area contributed by atoms with Crippen LogP contribution in [0.5, 0.6) is 0 Å². The first-order valence-corrected chi connectivity index (χ1v) is 5.60. The summed E-state index contributed by atoms with van der Waals surface area (Å²) in [6, 6.07) is 9.01. The molecule has 4 nitrogen and oxygen atoms in total. The van der Waals surface area contributed by atoms with Gasteiger partial charge in [0.25, 0.3) is 5.91 Å². The predicted octanol–water partition coefficient (Wildman–Crippen LogP) is 1.41. The van der Waals surface area contributed by atoms with Crippen molar-refractivity contribution >= 4 is 11.7 Å². The van der Waals surface area contributed by atoms with Crippen molar-refractivity contribution < 1.29 is 14.3 Å². The van der Waals surface area contributed by atoms with E-state index in [2.05, 4.69) is 5.32 Å². The van der Waals surface area contributed by atoms with Gasteiger partial charge in [0, 0.05) is 18.5 Å². The zero-order chi connectivity index (χ0) is 12.5. The second-order valence-corrected chi connectivity index (χ2v) is 3.69. The zero-order valence-electron chi connectivity index (χ0n) is 9.94. The van der Waals surface area contributed by atoms with Crippen LogP contribution in [0.1, 0.15) is 23.7 Å². The summed E-state index contributed by atoms with van der Waals surface area (Å²) in [5, 5.41) is 2.74. The fourth-order valence-electron chi connectivity index (χ4n) is 1.25. The van der Waals surface area contributed by atoms with Gasteiger partial charge in [-0.25, -0.2) is 0 Å². The Bertz CT molecular complexity index is 362. The second-order valence-electron chi connectivity index (χ2n) is 3.69. The van der Waals surface area contributed by atoms with Crippen molar-refractivity contribution in [2.75, 3.05) is 19.8 Å². The van der Waals surface area contributed by atoms with E-state index in [1.807, 2.05) is 18.2 Å². The van der Waals surface area contributed by atoms with Crippen LogP contribution >= 0.6 is 0 Å². The molecular weight excluding hydrogens is 218 g/mol. The Labute approximate surface area is 101 Å². The van der Waals surface area contributed by atoms with E-state index in [4.69, 9.17) is 4.74 Å². The fraction of sp³-hybridized carbons (Fsp3) is 0.385. The minimum Gasteiger partial charge on any atom is -0.379 e. The third-order valence-corrected chi connectivity index (χ3v) is 2.17. The molecule has 0 saturated carbocycles. The van der Waals surface area contributed by atoms with Crippen molar-refractivity contribution in [1.29, 1.82) is 0 Å². The lowest BCUT2D eigenvalue weighted by molar-refractivity contribution is -0.118. The van der Waals surface area contributed by atoms with Crippen molar-refractivity contribution in [3.8, 4) is 0 Å². The quantitative estimate of drug-likeness (QED) is 0.727. The SMILES string of the molecule is CC(=O)CCOCCNC(=O)c1ccccc1. The van der Waals surface area contributed by atoms with Crippen molar-refractivity contribution in [3.05, 3.63) is 35.9 Å². The first-order chi connectivity index (χ1) is 8.20. The molecule has 0 aliphatic carbocycles. The highest BCUT2D eigenvalue weighted by molar-refractivity contribution is 5.94. The number of hydrogen-bond donors (Lipinski definition) is 1. The summed E-state index contributed by atoms with van der Waals surface area (Å²) in [6.45, 7) is 2.81. The van der Waals surface area contributed by atoms with Gasteiger partial charge in [0.15, 0.2) is 0 Å². The lowest BCUT2D eigenvalue weighted by Crippen LogP contribution is -2.27. The standard InChI is InChI=1S/C13H17NO3/c1-11(15)7-9-17-10-8-14-13(16)12-5-3-2-4-6-12/h2-6H,7-10H2,1H3,(H,14,16). The molecule has 1 N–H and O–H groups in total. The molecule has 0 saturated heterocycles. The number of ether oxygens (including phenoxy) is 1. The number of carbonyl (C=O) groups excluding carboxylic acids is 2. The van der Waals surface area contributed by atoms with Crippen LogP contribution in [-0.2, 0) is 9.53 Å². The summed E-state index contributed by atoms with van der Waals surface area (Å²) >= 11 is 0. The van der Waals surface area contributed by atoms with Gasteiger partial charge in [0.1, 0.15) is 5.78 Å². The Morgan fingerprint density at radius 3 is 2.53 bits per heavy atom. The van der Waals surface area contributed by atoms with Gasteiger partial charge in [0.2, 0.25) is 0 Å². The Morgan fingerprint density at radius 2 is 1.88 bits per heavy atom. The highest BCUT2D eigenvalue weighted by Crippen LogP contribution is 1.97. The molecule has 0 unspecified atom stereocenters. The molecule has 0 atom stereocenters. The molecule has 1 aromatic rings. The van der Waals surface area contributed by atoms with Crippen LogP contribution in [0.2, 0.25) is 0 Å². The molecule has 0 aliphatic rings. The number of ketones is 1. The minimum atomic E-state index is -0.110. The topological polar surface area (TPSA) is 55.4 Å². The van der Waals surface area contributed by atoms with Crippen molar-refractivity contribution in [3.63, 3.8) is 0 Å². The van der Waals surface area contributed by atoms with E-state index < -0.39 is 0 Å². The van der Waals surface area contributed by atoms with Gasteiger partial charge >= 0.3 is 0 Å². The van der Waals surface area contributed by atoms with E-state index >= 15 is 0 Å². The highest BCUT2D eigenvalue weighted by Gasteiger charge is 2.02. The molecular formula is C13H17NO3. The van der Waals surface area contributed by atoms with E-state index in [-0.39, 0.29) is 11.7 Å². The molecule has 1 rings (SSSR count). The normalized spacial score (nSPS) is 9.94. The molecule has 17 heavy (non-hydrogen) atoms. The molecule has 0 spiro atoms. The Morgan fingerprint density at radius 1 is 1.18 bits per heavy atom. The summed E-state index contributed by atoms with van der Waals surface area (Å²) in [7, 11) is 0. The van der Waals surface area contributed by atoms with E-state index in [9.17, 15) is 9.59 Å². The molecule has 0 fully saturated rings. The largest absolute Gasteiger partial charge is 0.379 e.